The molecule has 0 bridgehead atoms. The molecule has 1 atom stereocenters. The van der Waals surface area contributed by atoms with Crippen molar-refractivity contribution < 1.29 is 18.3 Å². The summed E-state index contributed by atoms with van der Waals surface area (Å²) in [6.45, 7) is -2.88. The van der Waals surface area contributed by atoms with Gasteiger partial charge in [0.25, 0.3) is 5.91 Å². The Balaban J connectivity index is 1.75. The molecule has 4 rings (SSSR count). The molecule has 4 nitrogen and oxygen atoms in total. The van der Waals surface area contributed by atoms with Crippen LogP contribution in [0.15, 0.2) is 65.4 Å². The highest BCUT2D eigenvalue weighted by molar-refractivity contribution is 7.08. The number of nitrogens with one attached hydrogen (secondary N) is 1. The number of thiophene rings is 1. The molecule has 26 heavy (non-hydrogen) atoms. The first-order chi connectivity index (χ1) is 12.6. The minimum absolute atomic E-state index is 0.0497. The second-order valence-corrected chi connectivity index (χ2v) is 6.48. The number of ether oxygens (including phenoxy) is 1. The summed E-state index contributed by atoms with van der Waals surface area (Å²) in [6.07, 6.45) is -0.384. The van der Waals surface area contributed by atoms with E-state index < -0.39 is 6.61 Å². The standard InChI is InChI=1S/C19H14F2N2O2S/c20-19(21)25-14-7-5-13(6-8-14)23-17(12-9-10-26-11-12)22-16-4-2-1-3-15(16)18(23)24/h1-11,17,19,22H/t17-/m0/s1. The Morgan fingerprint density at radius 3 is 2.54 bits per heavy atom. The van der Waals surface area contributed by atoms with E-state index in [0.717, 1.165) is 11.3 Å². The Morgan fingerprint density at radius 2 is 1.85 bits per heavy atom. The molecule has 0 saturated carbocycles. The molecule has 0 aliphatic carbocycles. The number of amides is 1. The molecular formula is C19H14F2N2O2S. The van der Waals surface area contributed by atoms with E-state index in [2.05, 4.69) is 10.1 Å². The van der Waals surface area contributed by atoms with Gasteiger partial charge < -0.3 is 10.1 Å². The summed E-state index contributed by atoms with van der Waals surface area (Å²) in [7, 11) is 0. The maximum Gasteiger partial charge on any atom is 0.387 e. The molecule has 0 spiro atoms. The van der Waals surface area contributed by atoms with E-state index in [1.54, 1.807) is 40.5 Å². The first-order valence-corrected chi connectivity index (χ1v) is 8.84. The average Bonchev–Trinajstić information content (AvgIpc) is 3.17. The van der Waals surface area contributed by atoms with Gasteiger partial charge in [0.2, 0.25) is 0 Å². The van der Waals surface area contributed by atoms with Crippen LogP contribution in [0.4, 0.5) is 20.2 Å². The zero-order valence-electron chi connectivity index (χ0n) is 13.4. The molecule has 3 aromatic rings. The number of hydrogen-bond acceptors (Lipinski definition) is 4. The van der Waals surface area contributed by atoms with Crippen LogP contribution in [0, 0.1) is 0 Å². The number of benzene rings is 2. The molecule has 0 saturated heterocycles. The zero-order chi connectivity index (χ0) is 18.1. The third-order valence-electron chi connectivity index (χ3n) is 4.13. The van der Waals surface area contributed by atoms with Crippen molar-refractivity contribution >= 4 is 28.6 Å². The minimum atomic E-state index is -2.88. The van der Waals surface area contributed by atoms with Crippen molar-refractivity contribution in [3.63, 3.8) is 0 Å². The maximum absolute atomic E-state index is 13.1. The molecular weight excluding hydrogens is 358 g/mol. The van der Waals surface area contributed by atoms with Crippen molar-refractivity contribution in [3.8, 4) is 5.75 Å². The number of rotatable bonds is 4. The predicted molar refractivity (Wildman–Crippen MR) is 97.0 cm³/mol. The zero-order valence-corrected chi connectivity index (χ0v) is 14.2. The summed E-state index contributed by atoms with van der Waals surface area (Å²) in [6, 6.07) is 15.3. The Kier molecular flexibility index (Phi) is 4.30. The van der Waals surface area contributed by atoms with Gasteiger partial charge in [0, 0.05) is 16.9 Å². The van der Waals surface area contributed by atoms with Gasteiger partial charge in [-0.1, -0.05) is 12.1 Å². The van der Waals surface area contributed by atoms with Crippen LogP contribution in [0.5, 0.6) is 5.75 Å². The lowest BCUT2D eigenvalue weighted by Crippen LogP contribution is -2.43. The molecule has 1 aliphatic rings. The molecule has 0 fully saturated rings. The topological polar surface area (TPSA) is 41.6 Å². The highest BCUT2D eigenvalue weighted by Gasteiger charge is 2.34. The first-order valence-electron chi connectivity index (χ1n) is 7.89. The summed E-state index contributed by atoms with van der Waals surface area (Å²) >= 11 is 1.54. The van der Waals surface area contributed by atoms with Crippen molar-refractivity contribution in [3.05, 3.63) is 76.5 Å². The SMILES string of the molecule is O=C1c2ccccc2N[C@H](c2ccsc2)N1c1ccc(OC(F)F)cc1. The van der Waals surface area contributed by atoms with Gasteiger partial charge in [-0.3, -0.25) is 9.69 Å². The third-order valence-corrected chi connectivity index (χ3v) is 4.83. The van der Waals surface area contributed by atoms with Gasteiger partial charge in [-0.25, -0.2) is 0 Å². The van der Waals surface area contributed by atoms with Gasteiger partial charge in [-0.15, -0.1) is 0 Å². The van der Waals surface area contributed by atoms with Crippen LogP contribution in [-0.4, -0.2) is 12.5 Å². The molecule has 2 aromatic carbocycles. The monoisotopic (exact) mass is 372 g/mol. The Morgan fingerprint density at radius 1 is 1.08 bits per heavy atom. The van der Waals surface area contributed by atoms with Gasteiger partial charge >= 0.3 is 6.61 Å². The van der Waals surface area contributed by atoms with Crippen LogP contribution in [0.25, 0.3) is 0 Å². The fraction of sp³-hybridized carbons (Fsp3) is 0.105. The van der Waals surface area contributed by atoms with Gasteiger partial charge in [-0.05, 0) is 53.2 Å². The highest BCUT2D eigenvalue weighted by Crippen LogP contribution is 2.37. The fourth-order valence-electron chi connectivity index (χ4n) is 2.97. The lowest BCUT2D eigenvalue weighted by molar-refractivity contribution is -0.0498. The lowest BCUT2D eigenvalue weighted by atomic mass is 10.0. The Hall–Kier alpha value is -2.93. The van der Waals surface area contributed by atoms with E-state index in [4.69, 9.17) is 0 Å². The van der Waals surface area contributed by atoms with Crippen molar-refractivity contribution in [1.82, 2.24) is 0 Å². The molecule has 1 aliphatic heterocycles. The minimum Gasteiger partial charge on any atom is -0.435 e. The molecule has 132 valence electrons. The van der Waals surface area contributed by atoms with E-state index in [9.17, 15) is 13.6 Å². The largest absolute Gasteiger partial charge is 0.435 e. The van der Waals surface area contributed by atoms with Crippen molar-refractivity contribution in [2.75, 3.05) is 10.2 Å². The molecule has 1 amide bonds. The average molecular weight is 372 g/mol. The van der Waals surface area contributed by atoms with E-state index in [-0.39, 0.29) is 17.8 Å². The summed E-state index contributed by atoms with van der Waals surface area (Å²) in [5.41, 5.74) is 2.87. The number of para-hydroxylation sites is 1. The first kappa shape index (κ1) is 16.5. The van der Waals surface area contributed by atoms with Crippen LogP contribution < -0.4 is 15.0 Å². The number of carbonyl (C=O) groups excluding carboxylic acids is 1. The van der Waals surface area contributed by atoms with Crippen molar-refractivity contribution in [2.45, 2.75) is 12.8 Å². The second-order valence-electron chi connectivity index (χ2n) is 5.70. The number of anilines is 2. The van der Waals surface area contributed by atoms with Crippen LogP contribution >= 0.6 is 11.3 Å². The maximum atomic E-state index is 13.1. The number of halogens is 2. The molecule has 2 heterocycles. The fourth-order valence-corrected chi connectivity index (χ4v) is 3.65. The third kappa shape index (κ3) is 3.01. The summed E-state index contributed by atoms with van der Waals surface area (Å²) in [5.74, 6) is -0.105. The predicted octanol–water partition coefficient (Wildman–Crippen LogP) is 5.12. The molecule has 0 radical (unpaired) electrons. The Bertz CT molecular complexity index is 914. The van der Waals surface area contributed by atoms with Gasteiger partial charge in [0.1, 0.15) is 11.9 Å². The van der Waals surface area contributed by atoms with E-state index in [1.807, 2.05) is 29.0 Å². The van der Waals surface area contributed by atoms with Gasteiger partial charge in [0.15, 0.2) is 0 Å². The number of alkyl halides is 2. The molecule has 0 unspecified atom stereocenters. The van der Waals surface area contributed by atoms with Crippen LogP contribution in [0.3, 0.4) is 0 Å². The lowest BCUT2D eigenvalue weighted by Gasteiger charge is -2.37. The van der Waals surface area contributed by atoms with E-state index in [0.29, 0.717) is 11.3 Å². The van der Waals surface area contributed by atoms with E-state index >= 15 is 0 Å². The Labute approximate surface area is 152 Å². The molecule has 1 N–H and O–H groups in total. The van der Waals surface area contributed by atoms with Gasteiger partial charge in [-0.2, -0.15) is 20.1 Å². The number of nitrogens with zero attached hydrogens (tertiary/aromatic N) is 1. The normalized spacial score (nSPS) is 16.3. The summed E-state index contributed by atoms with van der Waals surface area (Å²) in [5, 5.41) is 7.30. The van der Waals surface area contributed by atoms with Crippen LogP contribution in [0.1, 0.15) is 22.1 Å². The van der Waals surface area contributed by atoms with Crippen molar-refractivity contribution in [1.29, 1.82) is 0 Å². The quantitative estimate of drug-likeness (QED) is 0.691. The number of carbonyl (C=O) groups is 1. The molecule has 7 heteroatoms. The summed E-state index contributed by atoms with van der Waals surface area (Å²) < 4.78 is 29.1. The smallest absolute Gasteiger partial charge is 0.387 e. The number of hydrogen-bond donors (Lipinski definition) is 1. The van der Waals surface area contributed by atoms with E-state index in [1.165, 1.54) is 12.1 Å². The number of fused-ring (bicyclic) bond motifs is 1. The summed E-state index contributed by atoms with van der Waals surface area (Å²) in [4.78, 5) is 14.7. The van der Waals surface area contributed by atoms with Gasteiger partial charge in [0.05, 0.1) is 5.56 Å². The van der Waals surface area contributed by atoms with Crippen molar-refractivity contribution in [2.24, 2.45) is 0 Å². The molecule has 1 aromatic heterocycles. The van der Waals surface area contributed by atoms with Crippen LogP contribution in [0.2, 0.25) is 0 Å². The van der Waals surface area contributed by atoms with Crippen LogP contribution in [-0.2, 0) is 0 Å². The second kappa shape index (κ2) is 6.76. The highest BCUT2D eigenvalue weighted by atomic mass is 32.1.